The zero-order chi connectivity index (χ0) is 21.6. The molecule has 1 N–H and O–H groups in total. The van der Waals surface area contributed by atoms with E-state index in [-0.39, 0.29) is 18.7 Å². The van der Waals surface area contributed by atoms with E-state index in [9.17, 15) is 4.79 Å². The lowest BCUT2D eigenvalue weighted by Gasteiger charge is -2.40. The summed E-state index contributed by atoms with van der Waals surface area (Å²) < 4.78 is 16.3. The minimum atomic E-state index is 0.0910. The van der Waals surface area contributed by atoms with Gasteiger partial charge in [0.25, 0.3) is 0 Å². The number of piperazine rings is 1. The van der Waals surface area contributed by atoms with Crippen LogP contribution in [0.25, 0.3) is 0 Å². The number of nitrogens with one attached hydrogen (secondary N) is 1. The van der Waals surface area contributed by atoms with Crippen molar-refractivity contribution in [3.63, 3.8) is 0 Å². The van der Waals surface area contributed by atoms with Crippen LogP contribution in [-0.2, 0) is 4.79 Å². The van der Waals surface area contributed by atoms with Gasteiger partial charge in [0, 0.05) is 44.8 Å². The summed E-state index contributed by atoms with van der Waals surface area (Å²) in [6, 6.07) is 14.4. The first-order valence-corrected chi connectivity index (χ1v) is 11.0. The predicted molar refractivity (Wildman–Crippen MR) is 120 cm³/mol. The van der Waals surface area contributed by atoms with Crippen molar-refractivity contribution in [2.45, 2.75) is 25.8 Å². The lowest BCUT2D eigenvalue weighted by atomic mass is 10.0. The van der Waals surface area contributed by atoms with E-state index in [0.29, 0.717) is 13.0 Å². The molecule has 2 heterocycles. The van der Waals surface area contributed by atoms with Gasteiger partial charge in [0.15, 0.2) is 11.5 Å². The van der Waals surface area contributed by atoms with Gasteiger partial charge in [0.05, 0.1) is 13.2 Å². The first-order valence-electron chi connectivity index (χ1n) is 11.0. The minimum Gasteiger partial charge on any atom is -0.497 e. The fraction of sp³-hybridized carbons (Fsp3) is 0.458. The molecule has 1 atom stereocenters. The highest BCUT2D eigenvalue weighted by atomic mass is 16.7. The number of nitrogens with zero attached hydrogens (tertiary/aromatic N) is 2. The van der Waals surface area contributed by atoms with Crippen LogP contribution < -0.4 is 24.4 Å². The number of rotatable bonds is 8. The van der Waals surface area contributed by atoms with Crippen molar-refractivity contribution >= 4 is 11.6 Å². The van der Waals surface area contributed by atoms with E-state index in [1.165, 1.54) is 5.69 Å². The minimum absolute atomic E-state index is 0.0910. The molecule has 1 saturated heterocycles. The molecule has 31 heavy (non-hydrogen) atoms. The molecule has 0 saturated carbocycles. The van der Waals surface area contributed by atoms with Gasteiger partial charge in [-0.3, -0.25) is 9.69 Å². The fourth-order valence-electron chi connectivity index (χ4n) is 4.19. The molecule has 0 aliphatic carbocycles. The van der Waals surface area contributed by atoms with Gasteiger partial charge in [-0.15, -0.1) is 0 Å². The third-order valence-corrected chi connectivity index (χ3v) is 5.94. The number of hydrogen-bond donors (Lipinski definition) is 1. The fourth-order valence-corrected chi connectivity index (χ4v) is 4.19. The Bertz CT molecular complexity index is 879. The Kier molecular flexibility index (Phi) is 6.82. The normalized spacial score (nSPS) is 16.8. The number of ether oxygens (including phenoxy) is 3. The molecule has 7 heteroatoms. The van der Waals surface area contributed by atoms with E-state index >= 15 is 0 Å². The second kappa shape index (κ2) is 9.92. The monoisotopic (exact) mass is 425 g/mol. The van der Waals surface area contributed by atoms with Gasteiger partial charge in [0.2, 0.25) is 12.7 Å². The maximum Gasteiger partial charge on any atom is 0.231 e. The van der Waals surface area contributed by atoms with Crippen LogP contribution in [0.2, 0.25) is 0 Å². The van der Waals surface area contributed by atoms with Crippen LogP contribution in [0.4, 0.5) is 5.69 Å². The zero-order valence-corrected chi connectivity index (χ0v) is 18.3. The summed E-state index contributed by atoms with van der Waals surface area (Å²) in [4.78, 5) is 17.0. The average Bonchev–Trinajstić information content (AvgIpc) is 3.28. The molecular formula is C24H31N3O4. The average molecular weight is 426 g/mol. The Balaban J connectivity index is 1.45. The summed E-state index contributed by atoms with van der Waals surface area (Å²) in [6.07, 6.45) is 1.40. The van der Waals surface area contributed by atoms with Crippen molar-refractivity contribution in [1.82, 2.24) is 10.2 Å². The first-order chi connectivity index (χ1) is 15.2. The number of carbonyl (C=O) groups excluding carboxylic acids is 1. The standard InChI is InChI=1S/C24H31N3O4/c1-3-4-24(28)25-16-21(18-5-10-22-23(15-18)31-17-30-22)27-13-11-26(12-14-27)19-6-8-20(29-2)9-7-19/h5-10,15,21H,3-4,11-14,16-17H2,1-2H3,(H,25,28). The maximum atomic E-state index is 12.1. The molecule has 4 rings (SSSR count). The summed E-state index contributed by atoms with van der Waals surface area (Å²) in [5.74, 6) is 2.53. The lowest BCUT2D eigenvalue weighted by Crippen LogP contribution is -2.49. The van der Waals surface area contributed by atoms with Crippen molar-refractivity contribution in [2.75, 3.05) is 51.5 Å². The van der Waals surface area contributed by atoms with Gasteiger partial charge in [-0.1, -0.05) is 13.0 Å². The molecule has 2 aromatic rings. The van der Waals surface area contributed by atoms with Crippen LogP contribution in [0, 0.1) is 0 Å². The second-order valence-corrected chi connectivity index (χ2v) is 7.90. The van der Waals surface area contributed by atoms with E-state index in [0.717, 1.165) is 55.4 Å². The maximum absolute atomic E-state index is 12.1. The highest BCUT2D eigenvalue weighted by Gasteiger charge is 2.27. The topological polar surface area (TPSA) is 63.3 Å². The molecule has 166 valence electrons. The summed E-state index contributed by atoms with van der Waals surface area (Å²) in [5, 5.41) is 3.12. The summed E-state index contributed by atoms with van der Waals surface area (Å²) in [6.45, 7) is 6.54. The van der Waals surface area contributed by atoms with E-state index < -0.39 is 0 Å². The third-order valence-electron chi connectivity index (χ3n) is 5.94. The Labute approximate surface area is 183 Å². The quantitative estimate of drug-likeness (QED) is 0.701. The van der Waals surface area contributed by atoms with Crippen molar-refractivity contribution in [1.29, 1.82) is 0 Å². The molecule has 2 aliphatic heterocycles. The number of anilines is 1. The Morgan fingerprint density at radius 3 is 2.52 bits per heavy atom. The van der Waals surface area contributed by atoms with Gasteiger partial charge in [0.1, 0.15) is 5.75 Å². The van der Waals surface area contributed by atoms with Crippen LogP contribution in [0.15, 0.2) is 42.5 Å². The van der Waals surface area contributed by atoms with Gasteiger partial charge in [-0.05, 0) is 48.4 Å². The van der Waals surface area contributed by atoms with Gasteiger partial charge < -0.3 is 24.4 Å². The number of fused-ring (bicyclic) bond motifs is 1. The van der Waals surface area contributed by atoms with Gasteiger partial charge >= 0.3 is 0 Å². The van der Waals surface area contributed by atoms with Crippen LogP contribution in [0.5, 0.6) is 17.2 Å². The molecule has 0 bridgehead atoms. The van der Waals surface area contributed by atoms with Gasteiger partial charge in [-0.25, -0.2) is 0 Å². The van der Waals surface area contributed by atoms with Crippen molar-refractivity contribution in [3.05, 3.63) is 48.0 Å². The zero-order valence-electron chi connectivity index (χ0n) is 18.3. The van der Waals surface area contributed by atoms with E-state index in [4.69, 9.17) is 14.2 Å². The van der Waals surface area contributed by atoms with Crippen LogP contribution in [-0.4, -0.2) is 57.4 Å². The summed E-state index contributed by atoms with van der Waals surface area (Å²) in [5.41, 5.74) is 2.34. The van der Waals surface area contributed by atoms with E-state index in [1.807, 2.05) is 25.1 Å². The van der Waals surface area contributed by atoms with E-state index in [1.54, 1.807) is 7.11 Å². The molecule has 0 radical (unpaired) electrons. The number of carbonyl (C=O) groups is 1. The van der Waals surface area contributed by atoms with Crippen molar-refractivity contribution in [2.24, 2.45) is 0 Å². The largest absolute Gasteiger partial charge is 0.497 e. The Morgan fingerprint density at radius 1 is 1.06 bits per heavy atom. The number of amides is 1. The molecule has 1 fully saturated rings. The third kappa shape index (κ3) is 5.05. The number of methoxy groups -OCH3 is 1. The molecule has 0 spiro atoms. The van der Waals surface area contributed by atoms with E-state index in [2.05, 4.69) is 39.4 Å². The van der Waals surface area contributed by atoms with Crippen molar-refractivity contribution < 1.29 is 19.0 Å². The molecule has 7 nitrogen and oxygen atoms in total. The summed E-state index contributed by atoms with van der Waals surface area (Å²) in [7, 11) is 1.68. The van der Waals surface area contributed by atoms with Crippen LogP contribution in [0.1, 0.15) is 31.4 Å². The highest BCUT2D eigenvalue weighted by molar-refractivity contribution is 5.75. The molecular weight excluding hydrogens is 394 g/mol. The van der Waals surface area contributed by atoms with Crippen LogP contribution >= 0.6 is 0 Å². The summed E-state index contributed by atoms with van der Waals surface area (Å²) >= 11 is 0. The molecule has 0 aromatic heterocycles. The Hall–Kier alpha value is -2.93. The molecule has 2 aliphatic rings. The number of hydrogen-bond acceptors (Lipinski definition) is 6. The lowest BCUT2D eigenvalue weighted by molar-refractivity contribution is -0.121. The number of benzene rings is 2. The second-order valence-electron chi connectivity index (χ2n) is 7.90. The first kappa shape index (κ1) is 21.3. The Morgan fingerprint density at radius 2 is 1.81 bits per heavy atom. The molecule has 2 aromatic carbocycles. The van der Waals surface area contributed by atoms with Crippen molar-refractivity contribution in [3.8, 4) is 17.2 Å². The van der Waals surface area contributed by atoms with Gasteiger partial charge in [-0.2, -0.15) is 0 Å². The smallest absolute Gasteiger partial charge is 0.231 e. The highest BCUT2D eigenvalue weighted by Crippen LogP contribution is 2.35. The molecule has 1 unspecified atom stereocenters. The van der Waals surface area contributed by atoms with Crippen LogP contribution in [0.3, 0.4) is 0 Å². The SMILES string of the molecule is CCCC(=O)NCC(c1ccc2c(c1)OCO2)N1CCN(c2ccc(OC)cc2)CC1. The molecule has 1 amide bonds. The predicted octanol–water partition coefficient (Wildman–Crippen LogP) is 3.20.